The predicted molar refractivity (Wildman–Crippen MR) is 123 cm³/mol. The van der Waals surface area contributed by atoms with Crippen LogP contribution in [0.3, 0.4) is 0 Å². The van der Waals surface area contributed by atoms with Gasteiger partial charge in [0.05, 0.1) is 23.0 Å². The second kappa shape index (κ2) is 8.41. The molecule has 2 fully saturated rings. The van der Waals surface area contributed by atoms with Crippen molar-refractivity contribution in [1.29, 1.82) is 0 Å². The van der Waals surface area contributed by atoms with Crippen LogP contribution in [0.2, 0.25) is 5.02 Å². The highest BCUT2D eigenvalue weighted by Crippen LogP contribution is 2.48. The summed E-state index contributed by atoms with van der Waals surface area (Å²) in [5.74, 6) is -2.32. The molecular weight excluding hydrogens is 537 g/mol. The van der Waals surface area contributed by atoms with E-state index in [1.165, 1.54) is 11.1 Å². The molecule has 2 aliphatic heterocycles. The van der Waals surface area contributed by atoms with Crippen molar-refractivity contribution in [1.82, 2.24) is 0 Å². The number of hydrogen-bond donors (Lipinski definition) is 0. The Bertz CT molecular complexity index is 1280. The molecule has 0 radical (unpaired) electrons. The maximum absolute atomic E-state index is 13.5. The summed E-state index contributed by atoms with van der Waals surface area (Å²) in [7, 11) is 0. The van der Waals surface area contributed by atoms with Crippen molar-refractivity contribution in [3.63, 3.8) is 0 Å². The molecule has 0 bridgehead atoms. The maximum atomic E-state index is 13.5. The first kappa shape index (κ1) is 22.9. The molecule has 0 saturated carbocycles. The number of carbonyl (C=O) groups is 2. The number of alkyl halides is 3. The highest BCUT2D eigenvalue weighted by Gasteiger charge is 2.60. The molecule has 0 aromatic heterocycles. The largest absolute Gasteiger partial charge is 0.416 e. The highest BCUT2D eigenvalue weighted by atomic mass is 79.9. The number of anilines is 2. The number of rotatable bonds is 3. The molecule has 10 heteroatoms. The summed E-state index contributed by atoms with van der Waals surface area (Å²) in [4.78, 5) is 33.6. The Morgan fingerprint density at radius 3 is 2.24 bits per heavy atom. The van der Waals surface area contributed by atoms with Gasteiger partial charge in [-0.3, -0.25) is 14.4 Å². The van der Waals surface area contributed by atoms with Crippen LogP contribution < -0.4 is 9.96 Å². The van der Waals surface area contributed by atoms with Gasteiger partial charge in [0.25, 0.3) is 5.91 Å². The van der Waals surface area contributed by atoms with E-state index in [2.05, 4.69) is 15.9 Å². The van der Waals surface area contributed by atoms with Crippen LogP contribution in [0, 0.1) is 5.92 Å². The first-order chi connectivity index (χ1) is 16.1. The number of nitrogens with zero attached hydrogens (tertiary/aromatic N) is 2. The molecular formula is C24H15BrClF3N2O3. The monoisotopic (exact) mass is 550 g/mol. The second-order valence-corrected chi connectivity index (χ2v) is 9.27. The molecule has 3 atom stereocenters. The normalized spacial score (nSPS) is 22.4. The molecule has 2 saturated heterocycles. The SMILES string of the molecule is O=C1[C@@H]2[C@@H](c3ccc(Cl)cc3)N(c3cccc(Br)c3)O[C@H]2C(=O)N1c1cccc(C(F)(F)F)c1. The third-order valence-electron chi connectivity index (χ3n) is 5.82. The van der Waals surface area contributed by atoms with Crippen LogP contribution in [0.25, 0.3) is 0 Å². The Labute approximate surface area is 205 Å². The quantitative estimate of drug-likeness (QED) is 0.365. The number of hydroxylamine groups is 1. The van der Waals surface area contributed by atoms with Crippen LogP contribution in [0.1, 0.15) is 17.2 Å². The van der Waals surface area contributed by atoms with Gasteiger partial charge in [0, 0.05) is 9.50 Å². The Balaban J connectivity index is 1.57. The van der Waals surface area contributed by atoms with Crippen molar-refractivity contribution < 1.29 is 27.6 Å². The number of carbonyl (C=O) groups excluding carboxylic acids is 2. The molecule has 0 N–H and O–H groups in total. The summed E-state index contributed by atoms with van der Waals surface area (Å²) in [6.45, 7) is 0. The summed E-state index contributed by atoms with van der Waals surface area (Å²) in [5.41, 5.74) is 0.180. The molecule has 2 amide bonds. The van der Waals surface area contributed by atoms with Gasteiger partial charge in [-0.2, -0.15) is 13.2 Å². The van der Waals surface area contributed by atoms with E-state index in [0.717, 1.165) is 27.6 Å². The van der Waals surface area contributed by atoms with E-state index in [1.54, 1.807) is 42.5 Å². The summed E-state index contributed by atoms with van der Waals surface area (Å²) >= 11 is 9.45. The van der Waals surface area contributed by atoms with Crippen LogP contribution in [0.4, 0.5) is 24.5 Å². The number of amides is 2. The zero-order valence-electron chi connectivity index (χ0n) is 17.2. The average Bonchev–Trinajstić information content (AvgIpc) is 3.30. The average molecular weight is 552 g/mol. The lowest BCUT2D eigenvalue weighted by molar-refractivity contribution is -0.137. The first-order valence-corrected chi connectivity index (χ1v) is 11.3. The number of hydrogen-bond acceptors (Lipinski definition) is 4. The summed E-state index contributed by atoms with van der Waals surface area (Å²) in [6.07, 6.45) is -5.81. The molecule has 0 spiro atoms. The first-order valence-electron chi connectivity index (χ1n) is 10.2. The predicted octanol–water partition coefficient (Wildman–Crippen LogP) is 6.17. The zero-order chi connectivity index (χ0) is 24.2. The van der Waals surface area contributed by atoms with Gasteiger partial charge in [-0.1, -0.05) is 51.8 Å². The number of benzene rings is 3. The van der Waals surface area contributed by atoms with Crippen molar-refractivity contribution in [3.05, 3.63) is 93.4 Å². The smallest absolute Gasteiger partial charge is 0.273 e. The molecule has 5 rings (SSSR count). The molecule has 0 aliphatic carbocycles. The van der Waals surface area contributed by atoms with Crippen molar-refractivity contribution in [3.8, 4) is 0 Å². The van der Waals surface area contributed by atoms with Crippen molar-refractivity contribution in [2.24, 2.45) is 5.92 Å². The van der Waals surface area contributed by atoms with Gasteiger partial charge in [0.1, 0.15) is 5.92 Å². The molecule has 3 aromatic rings. The van der Waals surface area contributed by atoms with Crippen LogP contribution in [-0.4, -0.2) is 17.9 Å². The van der Waals surface area contributed by atoms with Gasteiger partial charge in [-0.05, 0) is 54.1 Å². The Hall–Kier alpha value is -2.88. The summed E-state index contributed by atoms with van der Waals surface area (Å²) in [5, 5.41) is 2.00. The van der Waals surface area contributed by atoms with Crippen molar-refractivity contribution in [2.45, 2.75) is 18.3 Å². The topological polar surface area (TPSA) is 49.9 Å². The van der Waals surface area contributed by atoms with Crippen molar-refractivity contribution in [2.75, 3.05) is 9.96 Å². The third kappa shape index (κ3) is 3.87. The molecule has 5 nitrogen and oxygen atoms in total. The molecule has 34 heavy (non-hydrogen) atoms. The molecule has 3 aromatic carbocycles. The third-order valence-corrected chi connectivity index (χ3v) is 6.57. The summed E-state index contributed by atoms with van der Waals surface area (Å²) < 4.78 is 40.5. The Kier molecular flexibility index (Phi) is 5.66. The van der Waals surface area contributed by atoms with E-state index in [1.807, 2.05) is 6.07 Å². The number of fused-ring (bicyclic) bond motifs is 1. The van der Waals surface area contributed by atoms with E-state index in [9.17, 15) is 22.8 Å². The fraction of sp³-hybridized carbons (Fsp3) is 0.167. The standard InChI is InChI=1S/C24H15BrClF3N2O3/c25-15-4-2-6-18(12-15)31-20(13-7-9-16(26)10-8-13)19-21(34-31)23(33)30(22(19)32)17-5-1-3-14(11-17)24(27,28)29/h1-12,19-21H/t19-,20-,21-/m1/s1. The lowest BCUT2D eigenvalue weighted by Crippen LogP contribution is -2.37. The molecule has 2 heterocycles. The second-order valence-electron chi connectivity index (χ2n) is 7.91. The Morgan fingerprint density at radius 2 is 1.56 bits per heavy atom. The number of imide groups is 1. The van der Waals surface area contributed by atoms with Gasteiger partial charge >= 0.3 is 6.18 Å². The minimum atomic E-state index is -4.61. The van der Waals surface area contributed by atoms with Crippen LogP contribution in [-0.2, 0) is 20.6 Å². The van der Waals surface area contributed by atoms with Crippen LogP contribution in [0.5, 0.6) is 0 Å². The molecule has 2 aliphatic rings. The van der Waals surface area contributed by atoms with E-state index >= 15 is 0 Å². The Morgan fingerprint density at radius 1 is 0.882 bits per heavy atom. The maximum Gasteiger partial charge on any atom is 0.416 e. The van der Waals surface area contributed by atoms with Gasteiger partial charge in [0.15, 0.2) is 6.10 Å². The lowest BCUT2D eigenvalue weighted by atomic mass is 9.90. The van der Waals surface area contributed by atoms with E-state index < -0.39 is 41.6 Å². The van der Waals surface area contributed by atoms with Crippen LogP contribution >= 0.6 is 27.5 Å². The highest BCUT2D eigenvalue weighted by molar-refractivity contribution is 9.10. The van der Waals surface area contributed by atoms with Gasteiger partial charge in [-0.15, -0.1) is 0 Å². The van der Waals surface area contributed by atoms with Crippen molar-refractivity contribution >= 4 is 50.7 Å². The molecule has 0 unspecified atom stereocenters. The van der Waals surface area contributed by atoms with E-state index in [-0.39, 0.29) is 5.69 Å². The zero-order valence-corrected chi connectivity index (χ0v) is 19.5. The lowest BCUT2D eigenvalue weighted by Gasteiger charge is -2.29. The number of halogens is 5. The fourth-order valence-corrected chi connectivity index (χ4v) is 4.84. The van der Waals surface area contributed by atoms with Crippen LogP contribution in [0.15, 0.2) is 77.3 Å². The molecule has 174 valence electrons. The van der Waals surface area contributed by atoms with E-state index in [4.69, 9.17) is 16.4 Å². The van der Waals surface area contributed by atoms with E-state index in [0.29, 0.717) is 16.3 Å². The van der Waals surface area contributed by atoms with Gasteiger partial charge < -0.3 is 0 Å². The van der Waals surface area contributed by atoms with Gasteiger partial charge in [-0.25, -0.2) is 9.96 Å². The minimum absolute atomic E-state index is 0.147. The van der Waals surface area contributed by atoms with Gasteiger partial charge in [0.2, 0.25) is 5.91 Å². The minimum Gasteiger partial charge on any atom is -0.273 e. The summed E-state index contributed by atoms with van der Waals surface area (Å²) in [6, 6.07) is 17.4. The fourth-order valence-electron chi connectivity index (χ4n) is 4.33.